The normalized spacial score (nSPS) is 14.8. The maximum absolute atomic E-state index is 13.1. The minimum atomic E-state index is -1.03. The zero-order valence-electron chi connectivity index (χ0n) is 16.8. The van der Waals surface area contributed by atoms with Gasteiger partial charge in [0, 0.05) is 22.4 Å². The van der Waals surface area contributed by atoms with Gasteiger partial charge in [-0.25, -0.2) is 4.68 Å². The summed E-state index contributed by atoms with van der Waals surface area (Å²) < 4.78 is 29.5. The zero-order chi connectivity index (χ0) is 21.3. The molecule has 1 aliphatic heterocycles. The van der Waals surface area contributed by atoms with Crippen LogP contribution < -0.4 is 19.5 Å². The van der Waals surface area contributed by atoms with Gasteiger partial charge in [0.25, 0.3) is 5.91 Å². The standard InChI is InChI=1S/C21H21N3O5S/c1-27-14-6-4-13(5-7-14)24-20(17-11-30(26)12-18(17)23-24)22-21(25)16-9-8-15(28-2)10-19(16)29-3/h4-10H,11-12H2,1-3H3,(H,22,25)/t30-/m0/s1. The third-order valence-electron chi connectivity index (χ3n) is 4.87. The summed E-state index contributed by atoms with van der Waals surface area (Å²) in [5.74, 6) is 2.56. The summed E-state index contributed by atoms with van der Waals surface area (Å²) in [6, 6.07) is 12.3. The van der Waals surface area contributed by atoms with Crippen molar-refractivity contribution in [3.05, 3.63) is 59.3 Å². The second kappa shape index (κ2) is 8.19. The van der Waals surface area contributed by atoms with Crippen LogP contribution in [0.1, 0.15) is 21.6 Å². The molecule has 0 saturated carbocycles. The number of carbonyl (C=O) groups is 1. The molecular weight excluding hydrogens is 406 g/mol. The number of nitrogens with one attached hydrogen (secondary N) is 1. The van der Waals surface area contributed by atoms with Crippen LogP contribution in [-0.2, 0) is 22.3 Å². The van der Waals surface area contributed by atoms with Crippen LogP contribution in [-0.4, -0.2) is 41.2 Å². The molecule has 1 amide bonds. The average Bonchev–Trinajstić information content (AvgIpc) is 3.29. The van der Waals surface area contributed by atoms with Gasteiger partial charge in [0.15, 0.2) is 0 Å². The molecule has 2 heterocycles. The molecular formula is C21H21N3O5S. The second-order valence-electron chi connectivity index (χ2n) is 6.63. The highest BCUT2D eigenvalue weighted by atomic mass is 32.2. The number of hydrogen-bond donors (Lipinski definition) is 1. The van der Waals surface area contributed by atoms with Gasteiger partial charge in [-0.3, -0.25) is 9.00 Å². The van der Waals surface area contributed by atoms with E-state index in [1.54, 1.807) is 37.1 Å². The van der Waals surface area contributed by atoms with Crippen molar-refractivity contribution in [3.63, 3.8) is 0 Å². The van der Waals surface area contributed by atoms with Gasteiger partial charge in [-0.2, -0.15) is 5.10 Å². The molecule has 0 saturated heterocycles. The van der Waals surface area contributed by atoms with Crippen LogP contribution in [0.2, 0.25) is 0 Å². The summed E-state index contributed by atoms with van der Waals surface area (Å²) in [6.07, 6.45) is 0. The van der Waals surface area contributed by atoms with E-state index in [1.807, 2.05) is 24.3 Å². The number of anilines is 1. The molecule has 1 aromatic heterocycles. The molecule has 1 aliphatic rings. The predicted molar refractivity (Wildman–Crippen MR) is 113 cm³/mol. The lowest BCUT2D eigenvalue weighted by Crippen LogP contribution is -2.17. The number of fused-ring (bicyclic) bond motifs is 1. The van der Waals surface area contributed by atoms with Gasteiger partial charge in [-0.05, 0) is 36.4 Å². The Kier molecular flexibility index (Phi) is 5.45. The molecule has 1 N–H and O–H groups in total. The lowest BCUT2D eigenvalue weighted by Gasteiger charge is -2.13. The van der Waals surface area contributed by atoms with Gasteiger partial charge in [0.2, 0.25) is 0 Å². The SMILES string of the molecule is COc1ccc(-n2nc3c(c2NC(=O)c2ccc(OC)cc2OC)C[S@](=O)C3)cc1. The minimum absolute atomic E-state index is 0.348. The molecule has 9 heteroatoms. The molecule has 156 valence electrons. The Morgan fingerprint density at radius 1 is 1.00 bits per heavy atom. The first kappa shape index (κ1) is 20.0. The number of rotatable bonds is 6. The van der Waals surface area contributed by atoms with E-state index in [9.17, 15) is 9.00 Å². The molecule has 4 rings (SSSR count). The van der Waals surface area contributed by atoms with Crippen molar-refractivity contribution in [2.75, 3.05) is 26.6 Å². The van der Waals surface area contributed by atoms with Gasteiger partial charge in [-0.1, -0.05) is 0 Å². The quantitative estimate of drug-likeness (QED) is 0.650. The highest BCUT2D eigenvalue weighted by Crippen LogP contribution is 2.33. The summed E-state index contributed by atoms with van der Waals surface area (Å²) in [4.78, 5) is 13.1. The Morgan fingerprint density at radius 3 is 2.37 bits per heavy atom. The first-order chi connectivity index (χ1) is 14.5. The summed E-state index contributed by atoms with van der Waals surface area (Å²) in [5.41, 5.74) is 2.62. The van der Waals surface area contributed by atoms with E-state index in [2.05, 4.69) is 10.4 Å². The maximum Gasteiger partial charge on any atom is 0.260 e. The number of ether oxygens (including phenoxy) is 3. The number of carbonyl (C=O) groups excluding carboxylic acids is 1. The number of aromatic nitrogens is 2. The van der Waals surface area contributed by atoms with Crippen LogP contribution in [0, 0.1) is 0 Å². The lowest BCUT2D eigenvalue weighted by molar-refractivity contribution is 0.102. The summed E-state index contributed by atoms with van der Waals surface area (Å²) in [6.45, 7) is 0. The van der Waals surface area contributed by atoms with Crippen LogP contribution >= 0.6 is 0 Å². The Labute approximate surface area is 176 Å². The highest BCUT2D eigenvalue weighted by Gasteiger charge is 2.29. The van der Waals surface area contributed by atoms with Gasteiger partial charge < -0.3 is 19.5 Å². The molecule has 0 spiro atoms. The minimum Gasteiger partial charge on any atom is -0.497 e. The van der Waals surface area contributed by atoms with Crippen LogP contribution in [0.5, 0.6) is 17.2 Å². The smallest absolute Gasteiger partial charge is 0.260 e. The molecule has 1 atom stereocenters. The Morgan fingerprint density at radius 2 is 1.70 bits per heavy atom. The van der Waals surface area contributed by atoms with Crippen molar-refractivity contribution in [2.24, 2.45) is 0 Å². The molecule has 0 unspecified atom stereocenters. The maximum atomic E-state index is 13.1. The molecule has 30 heavy (non-hydrogen) atoms. The predicted octanol–water partition coefficient (Wildman–Crippen LogP) is 2.91. The first-order valence-corrected chi connectivity index (χ1v) is 10.7. The van der Waals surface area contributed by atoms with E-state index in [1.165, 1.54) is 7.11 Å². The van der Waals surface area contributed by atoms with E-state index >= 15 is 0 Å². The van der Waals surface area contributed by atoms with Crippen molar-refractivity contribution in [3.8, 4) is 22.9 Å². The first-order valence-electron chi connectivity index (χ1n) is 9.17. The zero-order valence-corrected chi connectivity index (χ0v) is 17.6. The summed E-state index contributed by atoms with van der Waals surface area (Å²) >= 11 is 0. The van der Waals surface area contributed by atoms with Crippen molar-refractivity contribution in [1.29, 1.82) is 0 Å². The number of methoxy groups -OCH3 is 3. The average molecular weight is 427 g/mol. The molecule has 0 fully saturated rings. The monoisotopic (exact) mass is 427 g/mol. The second-order valence-corrected chi connectivity index (χ2v) is 8.09. The lowest BCUT2D eigenvalue weighted by atomic mass is 10.1. The van der Waals surface area contributed by atoms with Gasteiger partial charge in [-0.15, -0.1) is 0 Å². The van der Waals surface area contributed by atoms with Crippen LogP contribution in [0.3, 0.4) is 0 Å². The number of amides is 1. The van der Waals surface area contributed by atoms with Gasteiger partial charge in [0.05, 0.1) is 49.8 Å². The number of nitrogens with zero attached hydrogens (tertiary/aromatic N) is 2. The fraction of sp³-hybridized carbons (Fsp3) is 0.238. The summed E-state index contributed by atoms with van der Waals surface area (Å²) in [5, 5.41) is 7.54. The van der Waals surface area contributed by atoms with Gasteiger partial charge in [0.1, 0.15) is 23.1 Å². The van der Waals surface area contributed by atoms with E-state index in [0.717, 1.165) is 16.9 Å². The van der Waals surface area contributed by atoms with Gasteiger partial charge >= 0.3 is 0 Å². The van der Waals surface area contributed by atoms with Crippen molar-refractivity contribution < 1.29 is 23.2 Å². The molecule has 0 aliphatic carbocycles. The van der Waals surface area contributed by atoms with Crippen LogP contribution in [0.15, 0.2) is 42.5 Å². The molecule has 8 nitrogen and oxygen atoms in total. The number of hydrogen-bond acceptors (Lipinski definition) is 6. The third kappa shape index (κ3) is 3.63. The molecule has 0 bridgehead atoms. The molecule has 3 aromatic rings. The van der Waals surface area contributed by atoms with Crippen molar-refractivity contribution in [1.82, 2.24) is 9.78 Å². The topological polar surface area (TPSA) is 91.7 Å². The summed E-state index contributed by atoms with van der Waals surface area (Å²) in [7, 11) is 3.61. The largest absolute Gasteiger partial charge is 0.497 e. The molecule has 2 aromatic carbocycles. The van der Waals surface area contributed by atoms with Crippen LogP contribution in [0.25, 0.3) is 5.69 Å². The fourth-order valence-corrected chi connectivity index (χ4v) is 4.59. The fourth-order valence-electron chi connectivity index (χ4n) is 3.33. The highest BCUT2D eigenvalue weighted by molar-refractivity contribution is 7.83. The Balaban J connectivity index is 1.73. The van der Waals surface area contributed by atoms with Crippen LogP contribution in [0.4, 0.5) is 5.82 Å². The van der Waals surface area contributed by atoms with E-state index in [4.69, 9.17) is 14.2 Å². The molecule has 0 radical (unpaired) electrons. The van der Waals surface area contributed by atoms with E-state index in [-0.39, 0.29) is 5.91 Å². The van der Waals surface area contributed by atoms with E-state index < -0.39 is 10.8 Å². The third-order valence-corrected chi connectivity index (χ3v) is 6.08. The Bertz CT molecular complexity index is 1120. The van der Waals surface area contributed by atoms with Crippen molar-refractivity contribution in [2.45, 2.75) is 11.5 Å². The van der Waals surface area contributed by atoms with E-state index in [0.29, 0.717) is 40.1 Å². The van der Waals surface area contributed by atoms with Crippen molar-refractivity contribution >= 4 is 22.5 Å². The number of benzene rings is 2. The Hall–Kier alpha value is -3.33.